The Morgan fingerprint density at radius 2 is 1.97 bits per heavy atom. The topological polar surface area (TPSA) is 116 Å². The van der Waals surface area contributed by atoms with Gasteiger partial charge in [0.1, 0.15) is 16.1 Å². The molecule has 4 rings (SSSR count). The highest BCUT2D eigenvalue weighted by molar-refractivity contribution is 7.92. The first-order chi connectivity index (χ1) is 15.3. The average Bonchev–Trinajstić information content (AvgIpc) is 3.28. The number of aliphatic hydroxyl groups is 1. The SMILES string of the molecule is CC(C)N.O=c1[nH]ccc2cc(F)c(CS(=O)(=O)c3ccc(N4C[C@H](O)C(F)(F)C4)s3)cc12. The van der Waals surface area contributed by atoms with E-state index in [4.69, 9.17) is 5.73 Å². The Bertz CT molecular complexity index is 1300. The zero-order valence-electron chi connectivity index (χ0n) is 17.9. The van der Waals surface area contributed by atoms with Crippen molar-refractivity contribution in [3.8, 4) is 0 Å². The molecule has 1 aliphatic heterocycles. The van der Waals surface area contributed by atoms with Gasteiger partial charge in [0.15, 0.2) is 9.84 Å². The number of nitrogens with zero attached hydrogens (tertiary/aromatic N) is 1. The van der Waals surface area contributed by atoms with Gasteiger partial charge in [0.2, 0.25) is 0 Å². The smallest absolute Gasteiger partial charge is 0.292 e. The molecular weight excluding hydrogens is 479 g/mol. The third kappa shape index (κ3) is 5.75. The maximum Gasteiger partial charge on any atom is 0.292 e. The van der Waals surface area contributed by atoms with Gasteiger partial charge in [-0.15, -0.1) is 11.3 Å². The number of nitrogens with two attached hydrogens (primary N) is 1. The number of rotatable bonds is 4. The van der Waals surface area contributed by atoms with Crippen LogP contribution in [0.25, 0.3) is 10.8 Å². The van der Waals surface area contributed by atoms with Gasteiger partial charge in [-0.3, -0.25) is 4.79 Å². The van der Waals surface area contributed by atoms with Crippen LogP contribution >= 0.6 is 11.3 Å². The highest BCUT2D eigenvalue weighted by atomic mass is 32.2. The number of β-amino-alcohol motifs (C(OH)–C–C–N with tert-alkyl or cyclic N) is 1. The number of anilines is 1. The number of pyridine rings is 1. The lowest BCUT2D eigenvalue weighted by molar-refractivity contribution is -0.0711. The molecule has 0 bridgehead atoms. The summed E-state index contributed by atoms with van der Waals surface area (Å²) >= 11 is 0.775. The molecular formula is C21H24F3N3O4S2. The molecule has 1 saturated heterocycles. The van der Waals surface area contributed by atoms with Crippen molar-refractivity contribution in [1.29, 1.82) is 0 Å². The number of fused-ring (bicyclic) bond motifs is 1. The van der Waals surface area contributed by atoms with Crippen LogP contribution in [-0.4, -0.2) is 49.7 Å². The second-order valence-electron chi connectivity index (χ2n) is 8.09. The zero-order chi connectivity index (χ0) is 24.6. The Balaban J connectivity index is 0.000000709. The summed E-state index contributed by atoms with van der Waals surface area (Å²) in [5.74, 6) is -4.71. The lowest BCUT2D eigenvalue weighted by Crippen LogP contribution is -2.31. The van der Waals surface area contributed by atoms with Gasteiger partial charge in [-0.2, -0.15) is 0 Å². The van der Waals surface area contributed by atoms with E-state index in [0.29, 0.717) is 11.4 Å². The highest BCUT2D eigenvalue weighted by Crippen LogP contribution is 2.37. The molecule has 12 heteroatoms. The van der Waals surface area contributed by atoms with Crippen molar-refractivity contribution in [2.24, 2.45) is 5.73 Å². The molecule has 0 aliphatic carbocycles. The Hall–Kier alpha value is -2.41. The minimum Gasteiger partial charge on any atom is -0.385 e. The standard InChI is InChI=1S/C18H15F3N2O4S2.C3H9N/c19-13-6-10-3-4-22-17(25)12(10)5-11(13)8-29(26,27)16-2-1-15(28-16)23-7-14(24)18(20,21)9-23;1-3(2)4/h1-6,14,24H,7-9H2,(H,22,25);3H,4H2,1-2H3/t14-;/m0./s1. The highest BCUT2D eigenvalue weighted by Gasteiger charge is 2.47. The van der Waals surface area contributed by atoms with Gasteiger partial charge in [-0.05, 0) is 41.8 Å². The molecule has 1 atom stereocenters. The van der Waals surface area contributed by atoms with Crippen molar-refractivity contribution in [3.63, 3.8) is 0 Å². The number of hydrogen-bond acceptors (Lipinski definition) is 7. The molecule has 1 aromatic carbocycles. The van der Waals surface area contributed by atoms with E-state index in [9.17, 15) is 31.5 Å². The molecule has 0 saturated carbocycles. The molecule has 1 aliphatic rings. The van der Waals surface area contributed by atoms with Crippen molar-refractivity contribution in [3.05, 3.63) is 58.3 Å². The fraction of sp³-hybridized carbons (Fsp3) is 0.381. The molecule has 180 valence electrons. The minimum absolute atomic E-state index is 0.112. The molecule has 33 heavy (non-hydrogen) atoms. The Morgan fingerprint density at radius 1 is 1.30 bits per heavy atom. The van der Waals surface area contributed by atoms with Crippen molar-refractivity contribution >= 4 is 36.9 Å². The number of sulfone groups is 1. The maximum absolute atomic E-state index is 14.4. The van der Waals surface area contributed by atoms with Crippen molar-refractivity contribution in [2.75, 3.05) is 18.0 Å². The summed E-state index contributed by atoms with van der Waals surface area (Å²) in [4.78, 5) is 15.6. The van der Waals surface area contributed by atoms with Crippen molar-refractivity contribution < 1.29 is 26.7 Å². The molecule has 0 radical (unpaired) electrons. The number of halogens is 3. The summed E-state index contributed by atoms with van der Waals surface area (Å²) in [6, 6.07) is 6.79. The van der Waals surface area contributed by atoms with Gasteiger partial charge < -0.3 is 20.7 Å². The lowest BCUT2D eigenvalue weighted by Gasteiger charge is -2.14. The zero-order valence-corrected chi connectivity index (χ0v) is 19.5. The van der Waals surface area contributed by atoms with Crippen LogP contribution in [0.15, 0.2) is 45.5 Å². The van der Waals surface area contributed by atoms with Gasteiger partial charge in [0.05, 0.1) is 23.8 Å². The maximum atomic E-state index is 14.4. The van der Waals surface area contributed by atoms with E-state index in [-0.39, 0.29) is 26.7 Å². The van der Waals surface area contributed by atoms with Crippen LogP contribution in [0.4, 0.5) is 18.2 Å². The summed E-state index contributed by atoms with van der Waals surface area (Å²) in [6.45, 7) is 2.87. The minimum atomic E-state index is -3.98. The molecule has 7 nitrogen and oxygen atoms in total. The third-order valence-electron chi connectivity index (χ3n) is 4.75. The number of nitrogens with one attached hydrogen (secondary N) is 1. The van der Waals surface area contributed by atoms with Gasteiger partial charge in [0, 0.05) is 17.1 Å². The molecule has 0 unspecified atom stereocenters. The van der Waals surface area contributed by atoms with E-state index in [1.165, 1.54) is 35.4 Å². The summed E-state index contributed by atoms with van der Waals surface area (Å²) in [6.07, 6.45) is -0.457. The van der Waals surface area contributed by atoms with Crippen LogP contribution < -0.4 is 16.2 Å². The predicted molar refractivity (Wildman–Crippen MR) is 122 cm³/mol. The van der Waals surface area contributed by atoms with Crippen LogP contribution in [0.5, 0.6) is 0 Å². The Morgan fingerprint density at radius 3 is 2.58 bits per heavy atom. The second-order valence-corrected chi connectivity index (χ2v) is 11.4. The number of alkyl halides is 2. The largest absolute Gasteiger partial charge is 0.385 e. The summed E-state index contributed by atoms with van der Waals surface area (Å²) < 4.78 is 66.8. The number of thiophene rings is 1. The Kier molecular flexibility index (Phi) is 7.22. The van der Waals surface area contributed by atoms with E-state index < -0.39 is 45.5 Å². The first-order valence-electron chi connectivity index (χ1n) is 9.99. The summed E-state index contributed by atoms with van der Waals surface area (Å²) in [5.41, 5.74) is 4.49. The van der Waals surface area contributed by atoms with Crippen molar-refractivity contribution in [1.82, 2.24) is 4.98 Å². The fourth-order valence-corrected chi connectivity index (χ4v) is 5.96. The number of aliphatic hydroxyl groups excluding tert-OH is 1. The normalized spacial score (nSPS) is 17.9. The molecule has 1 fully saturated rings. The fourth-order valence-electron chi connectivity index (χ4n) is 3.22. The average molecular weight is 504 g/mol. The van der Waals surface area contributed by atoms with E-state index in [0.717, 1.165) is 17.4 Å². The first kappa shape index (κ1) is 25.2. The van der Waals surface area contributed by atoms with Crippen molar-refractivity contribution in [2.45, 2.75) is 41.9 Å². The summed E-state index contributed by atoms with van der Waals surface area (Å²) in [5, 5.41) is 10.2. The molecule has 0 spiro atoms. The van der Waals surface area contributed by atoms with Crippen LogP contribution in [0.2, 0.25) is 0 Å². The summed E-state index contributed by atoms with van der Waals surface area (Å²) in [7, 11) is -3.98. The van der Waals surface area contributed by atoms with Gasteiger partial charge >= 0.3 is 0 Å². The number of H-pyrrole nitrogens is 1. The van der Waals surface area contributed by atoms with Crippen LogP contribution in [0, 0.1) is 5.82 Å². The Labute approximate surface area is 192 Å². The molecule has 3 heterocycles. The molecule has 3 aromatic rings. The number of aromatic amines is 1. The van der Waals surface area contributed by atoms with Gasteiger partial charge in [-0.1, -0.05) is 13.8 Å². The van der Waals surface area contributed by atoms with E-state index in [1.54, 1.807) is 0 Å². The van der Waals surface area contributed by atoms with E-state index >= 15 is 0 Å². The first-order valence-corrected chi connectivity index (χ1v) is 12.5. The van der Waals surface area contributed by atoms with Gasteiger partial charge in [-0.25, -0.2) is 21.6 Å². The van der Waals surface area contributed by atoms with Crippen LogP contribution in [-0.2, 0) is 15.6 Å². The second kappa shape index (κ2) is 9.45. The van der Waals surface area contributed by atoms with E-state index in [1.807, 2.05) is 13.8 Å². The monoisotopic (exact) mass is 503 g/mol. The molecule has 0 amide bonds. The van der Waals surface area contributed by atoms with Crippen LogP contribution in [0.3, 0.4) is 0 Å². The van der Waals surface area contributed by atoms with Crippen LogP contribution in [0.1, 0.15) is 19.4 Å². The number of benzene rings is 1. The lowest BCUT2D eigenvalue weighted by atomic mass is 10.1. The van der Waals surface area contributed by atoms with E-state index in [2.05, 4.69) is 4.98 Å². The predicted octanol–water partition coefficient (Wildman–Crippen LogP) is 2.87. The number of aromatic nitrogens is 1. The molecule has 2 aromatic heterocycles. The number of hydrogen-bond donors (Lipinski definition) is 3. The molecule has 4 N–H and O–H groups in total. The third-order valence-corrected chi connectivity index (χ3v) is 8.15. The quantitative estimate of drug-likeness (QED) is 0.504. The van der Waals surface area contributed by atoms with Gasteiger partial charge in [0.25, 0.3) is 11.5 Å².